The van der Waals surface area contributed by atoms with Crippen LogP contribution < -0.4 is 0 Å². The molecule has 2 nitrogen and oxygen atoms in total. The zero-order valence-electron chi connectivity index (χ0n) is 14.6. The summed E-state index contributed by atoms with van der Waals surface area (Å²) in [5.74, 6) is -0.135. The molecule has 4 aromatic rings. The summed E-state index contributed by atoms with van der Waals surface area (Å²) in [6.45, 7) is 0. The van der Waals surface area contributed by atoms with E-state index in [2.05, 4.69) is 24.3 Å². The molecule has 5 rings (SSSR count). The lowest BCUT2D eigenvalue weighted by Gasteiger charge is -2.19. The Hall–Kier alpha value is -3.52. The summed E-state index contributed by atoms with van der Waals surface area (Å²) in [5, 5.41) is 21.3. The zero-order chi connectivity index (χ0) is 18.4. The minimum absolute atomic E-state index is 0.0131. The van der Waals surface area contributed by atoms with E-state index in [0.717, 1.165) is 22.3 Å². The maximum atomic E-state index is 10.8. The second-order valence-corrected chi connectivity index (χ2v) is 6.88. The van der Waals surface area contributed by atoms with E-state index in [-0.39, 0.29) is 17.4 Å². The third kappa shape index (κ3) is 2.34. The number of phenolic OH excluding ortho intramolecular Hbond substituents is 2. The first kappa shape index (κ1) is 15.7. The summed E-state index contributed by atoms with van der Waals surface area (Å²) < 4.78 is 0. The van der Waals surface area contributed by atoms with Crippen LogP contribution in [0.15, 0.2) is 91.0 Å². The monoisotopic (exact) mass is 350 g/mol. The third-order valence-electron chi connectivity index (χ3n) is 5.37. The average Bonchev–Trinajstić information content (AvgIpc) is 3.04. The van der Waals surface area contributed by atoms with E-state index in [4.69, 9.17) is 0 Å². The highest BCUT2D eigenvalue weighted by atomic mass is 16.3. The van der Waals surface area contributed by atoms with Gasteiger partial charge >= 0.3 is 0 Å². The van der Waals surface area contributed by atoms with Gasteiger partial charge in [-0.25, -0.2) is 0 Å². The minimum Gasteiger partial charge on any atom is -0.504 e. The van der Waals surface area contributed by atoms with Crippen molar-refractivity contribution in [1.82, 2.24) is 0 Å². The topological polar surface area (TPSA) is 40.5 Å². The lowest BCUT2D eigenvalue weighted by atomic mass is 9.84. The highest BCUT2D eigenvalue weighted by molar-refractivity contribution is 5.92. The predicted octanol–water partition coefficient (Wildman–Crippen LogP) is 5.93. The van der Waals surface area contributed by atoms with Gasteiger partial charge in [0.15, 0.2) is 11.5 Å². The molecule has 1 atom stereocenters. The van der Waals surface area contributed by atoms with Crippen LogP contribution in [0, 0.1) is 0 Å². The Morgan fingerprint density at radius 2 is 1.26 bits per heavy atom. The third-order valence-corrected chi connectivity index (χ3v) is 5.37. The van der Waals surface area contributed by atoms with Gasteiger partial charge in [-0.2, -0.15) is 0 Å². The molecule has 130 valence electrons. The van der Waals surface area contributed by atoms with Gasteiger partial charge in [-0.1, -0.05) is 84.9 Å². The molecular weight excluding hydrogens is 332 g/mol. The SMILES string of the molecule is Oc1cc2c(c(-c3ccccc3)c1O)C(c1ccccc1)c1ccccc1-2. The van der Waals surface area contributed by atoms with Gasteiger partial charge in [0.25, 0.3) is 0 Å². The Balaban J connectivity index is 1.90. The Morgan fingerprint density at radius 3 is 2.00 bits per heavy atom. The van der Waals surface area contributed by atoms with Gasteiger partial charge in [0.2, 0.25) is 0 Å². The number of benzene rings is 4. The van der Waals surface area contributed by atoms with Gasteiger partial charge < -0.3 is 10.2 Å². The fraction of sp³-hybridized carbons (Fsp3) is 0.0400. The highest BCUT2D eigenvalue weighted by Gasteiger charge is 2.34. The molecule has 0 saturated heterocycles. The van der Waals surface area contributed by atoms with Crippen LogP contribution in [0.4, 0.5) is 0 Å². The molecule has 0 aliphatic heterocycles. The first-order chi connectivity index (χ1) is 13.3. The summed E-state index contributed by atoms with van der Waals surface area (Å²) >= 11 is 0. The minimum atomic E-state index is -0.0869. The van der Waals surface area contributed by atoms with Crippen molar-refractivity contribution in [3.63, 3.8) is 0 Å². The van der Waals surface area contributed by atoms with E-state index in [1.54, 1.807) is 6.07 Å². The molecule has 0 radical (unpaired) electrons. The molecule has 1 aliphatic rings. The number of hydrogen-bond donors (Lipinski definition) is 2. The van der Waals surface area contributed by atoms with Crippen molar-refractivity contribution in [3.05, 3.63) is 108 Å². The van der Waals surface area contributed by atoms with E-state index in [1.165, 1.54) is 11.1 Å². The second-order valence-electron chi connectivity index (χ2n) is 6.88. The maximum absolute atomic E-state index is 10.8. The van der Waals surface area contributed by atoms with E-state index >= 15 is 0 Å². The lowest BCUT2D eigenvalue weighted by Crippen LogP contribution is -2.01. The predicted molar refractivity (Wildman–Crippen MR) is 108 cm³/mol. The number of rotatable bonds is 2. The molecule has 2 N–H and O–H groups in total. The Bertz CT molecular complexity index is 1130. The van der Waals surface area contributed by atoms with Crippen molar-refractivity contribution in [3.8, 4) is 33.8 Å². The van der Waals surface area contributed by atoms with Gasteiger partial charge in [0, 0.05) is 11.5 Å². The maximum Gasteiger partial charge on any atom is 0.165 e. The number of aromatic hydroxyl groups is 2. The van der Waals surface area contributed by atoms with Crippen molar-refractivity contribution in [1.29, 1.82) is 0 Å². The fourth-order valence-corrected chi connectivity index (χ4v) is 4.23. The number of fused-ring (bicyclic) bond motifs is 3. The molecule has 0 spiro atoms. The van der Waals surface area contributed by atoms with Gasteiger partial charge in [0.1, 0.15) is 0 Å². The Kier molecular flexibility index (Phi) is 3.51. The van der Waals surface area contributed by atoms with Gasteiger partial charge in [-0.15, -0.1) is 0 Å². The quantitative estimate of drug-likeness (QED) is 0.388. The van der Waals surface area contributed by atoms with Crippen LogP contribution in [0.1, 0.15) is 22.6 Å². The van der Waals surface area contributed by atoms with Gasteiger partial charge in [-0.05, 0) is 39.4 Å². The molecule has 0 aromatic heterocycles. The summed E-state index contributed by atoms with van der Waals surface area (Å²) in [4.78, 5) is 0. The van der Waals surface area contributed by atoms with Crippen LogP contribution in [0.2, 0.25) is 0 Å². The number of phenols is 2. The van der Waals surface area contributed by atoms with Crippen molar-refractivity contribution in [2.24, 2.45) is 0 Å². The molecule has 27 heavy (non-hydrogen) atoms. The standard InChI is InChI=1S/C25H18O2/c26-21-15-20-18-13-7-8-14-19(18)22(16-9-3-1-4-10-16)24(20)23(25(21)27)17-11-5-2-6-12-17/h1-15,22,26-27H. The van der Waals surface area contributed by atoms with Crippen molar-refractivity contribution in [2.45, 2.75) is 5.92 Å². The molecule has 0 fully saturated rings. The Labute approximate surface area is 158 Å². The van der Waals surface area contributed by atoms with E-state index in [1.807, 2.05) is 60.7 Å². The molecule has 0 saturated carbocycles. The molecule has 4 aromatic carbocycles. The van der Waals surface area contributed by atoms with Crippen molar-refractivity contribution < 1.29 is 10.2 Å². The van der Waals surface area contributed by atoms with E-state index in [0.29, 0.717) is 5.56 Å². The molecule has 0 amide bonds. The van der Waals surface area contributed by atoms with Crippen LogP contribution in [0.5, 0.6) is 11.5 Å². The zero-order valence-corrected chi connectivity index (χ0v) is 14.6. The van der Waals surface area contributed by atoms with E-state index < -0.39 is 0 Å². The molecule has 0 heterocycles. The summed E-state index contributed by atoms with van der Waals surface area (Å²) in [7, 11) is 0. The number of hydrogen-bond acceptors (Lipinski definition) is 2. The molecule has 2 heteroatoms. The highest BCUT2D eigenvalue weighted by Crippen LogP contribution is 2.55. The Morgan fingerprint density at radius 1 is 0.630 bits per heavy atom. The van der Waals surface area contributed by atoms with Crippen LogP contribution in [0.3, 0.4) is 0 Å². The fourth-order valence-electron chi connectivity index (χ4n) is 4.23. The van der Waals surface area contributed by atoms with Crippen LogP contribution in [-0.2, 0) is 0 Å². The smallest absolute Gasteiger partial charge is 0.165 e. The summed E-state index contributed by atoms with van der Waals surface area (Å²) in [6, 6.07) is 30.1. The lowest BCUT2D eigenvalue weighted by molar-refractivity contribution is 0.405. The first-order valence-electron chi connectivity index (χ1n) is 9.04. The normalized spacial score (nSPS) is 14.6. The van der Waals surface area contributed by atoms with Crippen LogP contribution in [0.25, 0.3) is 22.3 Å². The molecular formula is C25H18O2. The average molecular weight is 350 g/mol. The summed E-state index contributed by atoms with van der Waals surface area (Å²) in [6.07, 6.45) is 0. The van der Waals surface area contributed by atoms with Crippen molar-refractivity contribution >= 4 is 0 Å². The molecule has 1 unspecified atom stereocenters. The van der Waals surface area contributed by atoms with Crippen LogP contribution >= 0.6 is 0 Å². The van der Waals surface area contributed by atoms with E-state index in [9.17, 15) is 10.2 Å². The van der Waals surface area contributed by atoms with Crippen LogP contribution in [-0.4, -0.2) is 10.2 Å². The molecule has 0 bridgehead atoms. The molecule has 1 aliphatic carbocycles. The largest absolute Gasteiger partial charge is 0.504 e. The first-order valence-corrected chi connectivity index (χ1v) is 9.04. The summed E-state index contributed by atoms with van der Waals surface area (Å²) in [5.41, 5.74) is 7.10. The second kappa shape index (κ2) is 6.03. The van der Waals surface area contributed by atoms with Crippen molar-refractivity contribution in [2.75, 3.05) is 0 Å². The van der Waals surface area contributed by atoms with Gasteiger partial charge in [0.05, 0.1) is 0 Å². The van der Waals surface area contributed by atoms with Gasteiger partial charge in [-0.3, -0.25) is 0 Å².